The van der Waals surface area contributed by atoms with Gasteiger partial charge in [0.05, 0.1) is 30.6 Å². The first kappa shape index (κ1) is 22.5. The Labute approximate surface area is 199 Å². The first-order valence-electron chi connectivity index (χ1n) is 11.8. The van der Waals surface area contributed by atoms with Crippen molar-refractivity contribution in [1.29, 1.82) is 0 Å². The lowest BCUT2D eigenvalue weighted by Gasteiger charge is -2.58. The van der Waals surface area contributed by atoms with Gasteiger partial charge in [-0.3, -0.25) is 15.1 Å². The molecule has 0 unspecified atom stereocenters. The van der Waals surface area contributed by atoms with Crippen molar-refractivity contribution in [2.24, 2.45) is 11.8 Å². The van der Waals surface area contributed by atoms with Crippen LogP contribution in [0.1, 0.15) is 30.1 Å². The summed E-state index contributed by atoms with van der Waals surface area (Å²) in [5, 5.41) is 24.1. The normalized spacial score (nSPS) is 26.8. The lowest BCUT2D eigenvalue weighted by molar-refractivity contribution is -0.984. The van der Waals surface area contributed by atoms with Gasteiger partial charge in [0.1, 0.15) is 24.4 Å². The number of pyridine rings is 1. The number of aromatic nitrogens is 1. The highest BCUT2D eigenvalue weighted by Gasteiger charge is 2.54. The molecule has 2 aromatic carbocycles. The van der Waals surface area contributed by atoms with E-state index in [0.29, 0.717) is 22.9 Å². The van der Waals surface area contributed by atoms with Crippen molar-refractivity contribution in [2.75, 3.05) is 20.2 Å². The minimum absolute atomic E-state index is 0.0222. The van der Waals surface area contributed by atoms with Gasteiger partial charge in [-0.25, -0.2) is 0 Å². The van der Waals surface area contributed by atoms with Crippen LogP contribution in [-0.2, 0) is 6.54 Å². The van der Waals surface area contributed by atoms with Gasteiger partial charge in [-0.1, -0.05) is 18.2 Å². The first-order chi connectivity index (χ1) is 16.4. The predicted molar refractivity (Wildman–Crippen MR) is 130 cm³/mol. The average Bonchev–Trinajstić information content (AvgIpc) is 2.87. The highest BCUT2D eigenvalue weighted by Crippen LogP contribution is 2.48. The van der Waals surface area contributed by atoms with Crippen LogP contribution in [0, 0.1) is 22.0 Å². The molecule has 0 radical (unpaired) electrons. The molecule has 2 bridgehead atoms. The van der Waals surface area contributed by atoms with Crippen molar-refractivity contribution < 1.29 is 19.2 Å². The number of rotatable bonds is 7. The second-order valence-corrected chi connectivity index (χ2v) is 9.69. The number of nitro benzene ring substituents is 1. The molecule has 3 aliphatic heterocycles. The van der Waals surface area contributed by atoms with Crippen molar-refractivity contribution in [2.45, 2.75) is 31.5 Å². The number of benzene rings is 2. The summed E-state index contributed by atoms with van der Waals surface area (Å²) in [6.07, 6.45) is 5.08. The zero-order chi connectivity index (χ0) is 23.9. The topological polar surface area (TPSA) is 85.5 Å². The molecule has 1 aromatic heterocycles. The summed E-state index contributed by atoms with van der Waals surface area (Å²) in [6, 6.07) is 14.5. The average molecular weight is 461 g/mol. The third-order valence-electron chi connectivity index (χ3n) is 7.96. The zero-order valence-corrected chi connectivity index (χ0v) is 19.3. The van der Waals surface area contributed by atoms with Crippen LogP contribution in [0.5, 0.6) is 5.75 Å². The molecule has 0 saturated carbocycles. The number of hydrogen-bond acceptors (Lipinski definition) is 5. The SMILES string of the molecule is C=C[C@H]1C[N@+]2(Cc3cccc([N+](=O)[O-])c3)CC[C@H]1C[C@@H]2[C@@H](O)c1ccnc2ccc(OC)cc12. The molecule has 5 atom stereocenters. The summed E-state index contributed by atoms with van der Waals surface area (Å²) in [4.78, 5) is 15.5. The van der Waals surface area contributed by atoms with Crippen molar-refractivity contribution in [3.63, 3.8) is 0 Å². The van der Waals surface area contributed by atoms with E-state index in [1.165, 1.54) is 6.07 Å². The van der Waals surface area contributed by atoms with E-state index in [1.54, 1.807) is 25.4 Å². The molecule has 4 heterocycles. The third-order valence-corrected chi connectivity index (χ3v) is 7.96. The van der Waals surface area contributed by atoms with Gasteiger partial charge in [0.15, 0.2) is 0 Å². The fraction of sp³-hybridized carbons (Fsp3) is 0.370. The second-order valence-electron chi connectivity index (χ2n) is 9.69. The fourth-order valence-electron chi connectivity index (χ4n) is 6.25. The molecule has 3 fully saturated rings. The summed E-state index contributed by atoms with van der Waals surface area (Å²) in [5.41, 5.74) is 2.71. The molecule has 3 aromatic rings. The number of nitro groups is 1. The Hall–Kier alpha value is -3.29. The number of ether oxygens (including phenoxy) is 1. The van der Waals surface area contributed by atoms with Crippen LogP contribution in [0.4, 0.5) is 5.69 Å². The Morgan fingerprint density at radius 2 is 2.18 bits per heavy atom. The quantitative estimate of drug-likeness (QED) is 0.237. The molecule has 0 spiro atoms. The summed E-state index contributed by atoms with van der Waals surface area (Å²) < 4.78 is 6.13. The van der Waals surface area contributed by atoms with Crippen molar-refractivity contribution in [1.82, 2.24) is 4.98 Å². The molecule has 34 heavy (non-hydrogen) atoms. The molecule has 7 heteroatoms. The van der Waals surface area contributed by atoms with Gasteiger partial charge in [0.2, 0.25) is 0 Å². The summed E-state index contributed by atoms with van der Waals surface area (Å²) >= 11 is 0. The maximum absolute atomic E-state index is 11.9. The van der Waals surface area contributed by atoms with Gasteiger partial charge >= 0.3 is 0 Å². The van der Waals surface area contributed by atoms with Crippen LogP contribution in [0.25, 0.3) is 10.9 Å². The molecule has 0 aliphatic carbocycles. The predicted octanol–water partition coefficient (Wildman–Crippen LogP) is 4.80. The van der Waals surface area contributed by atoms with Gasteiger partial charge in [-0.2, -0.15) is 0 Å². The molecule has 6 rings (SSSR count). The lowest BCUT2D eigenvalue weighted by Crippen LogP contribution is -2.67. The van der Waals surface area contributed by atoms with E-state index in [1.807, 2.05) is 30.3 Å². The standard InChI is InChI=1S/C27H30N3O4/c1-3-19-17-30(16-18-5-4-6-21(13-18)29(32)33)12-10-20(19)14-26(30)27(31)23-9-11-28-25-8-7-22(34-2)15-24(23)25/h3-9,11,13,15,19-20,26-27,31H,1,10,12,14,16-17H2,2H3/q+1/t19-,20-,26+,27-,30+/m0/s1. The van der Waals surface area contributed by atoms with Crippen molar-refractivity contribution >= 4 is 16.6 Å². The van der Waals surface area contributed by atoms with Gasteiger partial charge in [0.25, 0.3) is 5.69 Å². The highest BCUT2D eigenvalue weighted by molar-refractivity contribution is 5.83. The number of hydrogen-bond donors (Lipinski definition) is 1. The highest BCUT2D eigenvalue weighted by atomic mass is 16.6. The number of fused-ring (bicyclic) bond motifs is 4. The van der Waals surface area contributed by atoms with Gasteiger partial charge in [-0.05, 0) is 35.7 Å². The molecule has 3 saturated heterocycles. The number of piperidine rings is 3. The van der Waals surface area contributed by atoms with E-state index in [9.17, 15) is 15.2 Å². The smallest absolute Gasteiger partial charge is 0.269 e. The van der Waals surface area contributed by atoms with Crippen LogP contribution in [0.2, 0.25) is 0 Å². The monoisotopic (exact) mass is 460 g/mol. The van der Waals surface area contributed by atoms with Crippen LogP contribution >= 0.6 is 0 Å². The minimum Gasteiger partial charge on any atom is -0.497 e. The second kappa shape index (κ2) is 8.81. The van der Waals surface area contributed by atoms with E-state index in [-0.39, 0.29) is 16.7 Å². The number of nitrogens with zero attached hydrogens (tertiary/aromatic N) is 3. The molecule has 0 amide bonds. The van der Waals surface area contributed by atoms with E-state index in [2.05, 4.69) is 17.6 Å². The van der Waals surface area contributed by atoms with Crippen molar-refractivity contribution in [3.05, 3.63) is 88.6 Å². The van der Waals surface area contributed by atoms with E-state index in [0.717, 1.165) is 53.7 Å². The van der Waals surface area contributed by atoms with E-state index >= 15 is 0 Å². The number of quaternary nitrogens is 1. The molecule has 3 aliphatic rings. The lowest BCUT2D eigenvalue weighted by atomic mass is 9.71. The summed E-state index contributed by atoms with van der Waals surface area (Å²) in [7, 11) is 1.63. The Morgan fingerprint density at radius 3 is 2.94 bits per heavy atom. The zero-order valence-electron chi connectivity index (χ0n) is 19.3. The molecule has 7 nitrogen and oxygen atoms in total. The van der Waals surface area contributed by atoms with Gasteiger partial charge < -0.3 is 14.3 Å². The number of methoxy groups -OCH3 is 1. The largest absolute Gasteiger partial charge is 0.497 e. The third kappa shape index (κ3) is 3.85. The Bertz CT molecular complexity index is 1250. The van der Waals surface area contributed by atoms with Crippen LogP contribution in [0.15, 0.2) is 67.4 Å². The first-order valence-corrected chi connectivity index (χ1v) is 11.8. The number of aliphatic hydroxyl groups excluding tert-OH is 1. The van der Waals surface area contributed by atoms with Gasteiger partial charge in [-0.15, -0.1) is 6.58 Å². The Balaban J connectivity index is 1.56. The van der Waals surface area contributed by atoms with Crippen LogP contribution in [0.3, 0.4) is 0 Å². The molecule has 1 N–H and O–H groups in total. The van der Waals surface area contributed by atoms with E-state index in [4.69, 9.17) is 4.74 Å². The van der Waals surface area contributed by atoms with Crippen LogP contribution in [-0.4, -0.2) is 45.7 Å². The maximum atomic E-state index is 11.9. The minimum atomic E-state index is -0.690. The van der Waals surface area contributed by atoms with E-state index < -0.39 is 6.10 Å². The summed E-state index contributed by atoms with van der Waals surface area (Å²) in [6.45, 7) is 6.54. The van der Waals surface area contributed by atoms with Gasteiger partial charge in [0, 0.05) is 48.0 Å². The molecular formula is C27H30N3O4+. The maximum Gasteiger partial charge on any atom is 0.269 e. The number of aliphatic hydroxyl groups is 1. The summed E-state index contributed by atoms with van der Waals surface area (Å²) in [5.74, 6) is 1.60. The van der Waals surface area contributed by atoms with Crippen molar-refractivity contribution in [3.8, 4) is 5.75 Å². The molecular weight excluding hydrogens is 430 g/mol. The molecule has 176 valence electrons. The Kier molecular flexibility index (Phi) is 5.83. The van der Waals surface area contributed by atoms with Crippen LogP contribution < -0.4 is 4.74 Å². The number of non-ortho nitro benzene ring substituents is 1. The Morgan fingerprint density at radius 1 is 1.32 bits per heavy atom. The fourth-order valence-corrected chi connectivity index (χ4v) is 6.25.